The molecule has 3 rings (SSSR count). The van der Waals surface area contributed by atoms with Crippen LogP contribution in [0.1, 0.15) is 25.3 Å². The van der Waals surface area contributed by atoms with Gasteiger partial charge in [0.05, 0.1) is 18.2 Å². The van der Waals surface area contributed by atoms with E-state index in [0.717, 1.165) is 27.5 Å². The maximum atomic E-state index is 13.0. The highest BCUT2D eigenvalue weighted by atomic mass is 32.2. The first kappa shape index (κ1) is 28.1. The fourth-order valence-electron chi connectivity index (χ4n) is 3.47. The summed E-state index contributed by atoms with van der Waals surface area (Å²) in [5, 5.41) is 24.8. The van der Waals surface area contributed by atoms with Crippen LogP contribution in [0.3, 0.4) is 0 Å². The van der Waals surface area contributed by atoms with E-state index in [9.17, 15) is 24.3 Å². The molecular weight excluding hydrogens is 516 g/mol. The number of ketones is 1. The highest BCUT2D eigenvalue weighted by Crippen LogP contribution is 2.25. The van der Waals surface area contributed by atoms with Crippen LogP contribution in [-0.4, -0.2) is 63.3 Å². The molecule has 0 saturated heterocycles. The largest absolute Gasteiger partial charge is 0.483 e. The fourth-order valence-corrected chi connectivity index (χ4v) is 5.22. The molecule has 0 radical (unpaired) electrons. The Bertz CT molecular complexity index is 1270. The first-order chi connectivity index (χ1) is 17.6. The smallest absolute Gasteiger partial charge is 0.305 e. The van der Waals surface area contributed by atoms with E-state index in [0.29, 0.717) is 10.1 Å². The van der Waals surface area contributed by atoms with Crippen molar-refractivity contribution in [2.24, 2.45) is 5.92 Å². The maximum absolute atomic E-state index is 13.0. The SMILES string of the molecule is Cc1nnc(SCC(=O)[C@H](CC(=O)O)NC(=O)[C@@H](NC(=O)COc2cccc3ccccc23)C(C)C)s1. The first-order valence-electron chi connectivity index (χ1n) is 11.5. The van der Waals surface area contributed by atoms with Crippen molar-refractivity contribution in [3.63, 3.8) is 0 Å². The summed E-state index contributed by atoms with van der Waals surface area (Å²) in [5.74, 6) is -2.75. The van der Waals surface area contributed by atoms with Crippen molar-refractivity contribution in [3.8, 4) is 5.75 Å². The van der Waals surface area contributed by atoms with Gasteiger partial charge in [-0.3, -0.25) is 19.2 Å². The molecular formula is C25H28N4O6S2. The van der Waals surface area contributed by atoms with Gasteiger partial charge in [-0.05, 0) is 24.3 Å². The molecule has 0 saturated carbocycles. The average Bonchev–Trinajstić information content (AvgIpc) is 3.28. The number of thioether (sulfide) groups is 1. The lowest BCUT2D eigenvalue weighted by Crippen LogP contribution is -2.55. The molecule has 0 fully saturated rings. The quantitative estimate of drug-likeness (QED) is 0.276. The van der Waals surface area contributed by atoms with Crippen LogP contribution in [0.2, 0.25) is 0 Å². The molecule has 196 valence electrons. The van der Waals surface area contributed by atoms with Crippen LogP contribution in [0.25, 0.3) is 10.8 Å². The van der Waals surface area contributed by atoms with Crippen molar-refractivity contribution in [2.75, 3.05) is 12.4 Å². The number of ether oxygens (including phenoxy) is 1. The molecule has 0 spiro atoms. The minimum absolute atomic E-state index is 0.0789. The van der Waals surface area contributed by atoms with Crippen LogP contribution < -0.4 is 15.4 Å². The average molecular weight is 545 g/mol. The van der Waals surface area contributed by atoms with Crippen molar-refractivity contribution >= 4 is 57.4 Å². The zero-order chi connectivity index (χ0) is 26.9. The standard InChI is InChI=1S/C25H28N4O6S2/c1-14(2)23(27-21(31)12-35-20-10-6-8-16-7-4-5-9-17(16)20)24(34)26-18(11-22(32)33)19(30)13-36-25-29-28-15(3)37-25/h4-10,14,18,23H,11-13H2,1-3H3,(H,26,34)(H,27,31)(H,32,33)/t18-,23-/m0/s1. The van der Waals surface area contributed by atoms with E-state index in [2.05, 4.69) is 20.8 Å². The van der Waals surface area contributed by atoms with Crippen molar-refractivity contribution < 1.29 is 29.0 Å². The van der Waals surface area contributed by atoms with Gasteiger partial charge in [0.2, 0.25) is 5.91 Å². The van der Waals surface area contributed by atoms with E-state index in [1.54, 1.807) is 26.8 Å². The second kappa shape index (κ2) is 13.2. The highest BCUT2D eigenvalue weighted by molar-refractivity contribution is 8.01. The fraction of sp³-hybridized carbons (Fsp3) is 0.360. The number of aryl methyl sites for hydroxylation is 1. The predicted octanol–water partition coefficient (Wildman–Crippen LogP) is 2.84. The van der Waals surface area contributed by atoms with E-state index in [4.69, 9.17) is 4.74 Å². The number of nitrogens with zero attached hydrogens (tertiary/aromatic N) is 2. The second-order valence-electron chi connectivity index (χ2n) is 8.56. The Hall–Kier alpha value is -3.51. The lowest BCUT2D eigenvalue weighted by atomic mass is 10.0. The topological polar surface area (TPSA) is 148 Å². The second-order valence-corrected chi connectivity index (χ2v) is 11.0. The Labute approximate surface area is 222 Å². The Morgan fingerprint density at radius 1 is 1.05 bits per heavy atom. The summed E-state index contributed by atoms with van der Waals surface area (Å²) >= 11 is 2.44. The summed E-state index contributed by atoms with van der Waals surface area (Å²) in [4.78, 5) is 49.7. The first-order valence-corrected chi connectivity index (χ1v) is 13.3. The van der Waals surface area contributed by atoms with Crippen molar-refractivity contribution in [1.29, 1.82) is 0 Å². The van der Waals surface area contributed by atoms with Gasteiger partial charge in [-0.25, -0.2) is 0 Å². The summed E-state index contributed by atoms with van der Waals surface area (Å²) < 4.78 is 6.27. The van der Waals surface area contributed by atoms with E-state index in [1.165, 1.54) is 11.3 Å². The number of amides is 2. The molecule has 3 N–H and O–H groups in total. The molecule has 1 aromatic heterocycles. The molecule has 37 heavy (non-hydrogen) atoms. The zero-order valence-electron chi connectivity index (χ0n) is 20.6. The third-order valence-electron chi connectivity index (χ3n) is 5.30. The van der Waals surface area contributed by atoms with Gasteiger partial charge in [0.25, 0.3) is 5.91 Å². The van der Waals surface area contributed by atoms with Gasteiger partial charge >= 0.3 is 5.97 Å². The van der Waals surface area contributed by atoms with Gasteiger partial charge < -0.3 is 20.5 Å². The van der Waals surface area contributed by atoms with Gasteiger partial charge in [0, 0.05) is 5.39 Å². The third kappa shape index (κ3) is 8.25. The molecule has 10 nitrogen and oxygen atoms in total. The van der Waals surface area contributed by atoms with Crippen LogP contribution in [0, 0.1) is 12.8 Å². The lowest BCUT2D eigenvalue weighted by Gasteiger charge is -2.24. The molecule has 0 bridgehead atoms. The Morgan fingerprint density at radius 3 is 2.46 bits per heavy atom. The minimum Gasteiger partial charge on any atom is -0.483 e. The molecule has 2 atom stereocenters. The highest BCUT2D eigenvalue weighted by Gasteiger charge is 2.30. The normalized spacial score (nSPS) is 12.6. The number of nitrogens with one attached hydrogen (secondary N) is 2. The molecule has 0 aliphatic heterocycles. The van der Waals surface area contributed by atoms with Gasteiger partial charge in [-0.15, -0.1) is 10.2 Å². The molecule has 0 unspecified atom stereocenters. The van der Waals surface area contributed by atoms with Crippen molar-refractivity contribution in [1.82, 2.24) is 20.8 Å². The molecule has 3 aromatic rings. The number of carbonyl (C=O) groups is 4. The number of hydrogen-bond donors (Lipinski definition) is 3. The number of rotatable bonds is 13. The molecule has 1 heterocycles. The number of fused-ring (bicyclic) bond motifs is 1. The molecule has 12 heteroatoms. The van der Waals surface area contributed by atoms with Crippen molar-refractivity contribution in [2.45, 2.75) is 43.6 Å². The Balaban J connectivity index is 1.60. The zero-order valence-corrected chi connectivity index (χ0v) is 22.2. The predicted molar refractivity (Wildman–Crippen MR) is 141 cm³/mol. The van der Waals surface area contributed by atoms with E-state index >= 15 is 0 Å². The maximum Gasteiger partial charge on any atom is 0.305 e. The third-order valence-corrected chi connectivity index (χ3v) is 7.30. The summed E-state index contributed by atoms with van der Waals surface area (Å²) in [7, 11) is 0. The van der Waals surface area contributed by atoms with E-state index in [1.807, 2.05) is 36.4 Å². The number of carboxylic acid groups (broad SMARTS) is 1. The number of benzene rings is 2. The van der Waals surface area contributed by atoms with Gasteiger partial charge in [0.1, 0.15) is 16.8 Å². The van der Waals surface area contributed by atoms with Crippen LogP contribution in [0.5, 0.6) is 5.75 Å². The van der Waals surface area contributed by atoms with Crippen LogP contribution >= 0.6 is 23.1 Å². The van der Waals surface area contributed by atoms with Crippen LogP contribution in [-0.2, 0) is 19.2 Å². The monoisotopic (exact) mass is 544 g/mol. The molecule has 2 aromatic carbocycles. The molecule has 0 aliphatic carbocycles. The number of aromatic nitrogens is 2. The Morgan fingerprint density at radius 2 is 1.78 bits per heavy atom. The lowest BCUT2D eigenvalue weighted by molar-refractivity contribution is -0.140. The number of carboxylic acids is 1. The van der Waals surface area contributed by atoms with Crippen molar-refractivity contribution in [3.05, 3.63) is 47.5 Å². The van der Waals surface area contributed by atoms with E-state index in [-0.39, 0.29) is 18.3 Å². The van der Waals surface area contributed by atoms with Gasteiger partial charge in [-0.2, -0.15) is 0 Å². The van der Waals surface area contributed by atoms with Crippen LogP contribution in [0.15, 0.2) is 46.8 Å². The van der Waals surface area contributed by atoms with Gasteiger partial charge in [-0.1, -0.05) is 73.3 Å². The summed E-state index contributed by atoms with van der Waals surface area (Å²) in [5.41, 5.74) is 0. The Kier molecular flexibility index (Phi) is 9.98. The summed E-state index contributed by atoms with van der Waals surface area (Å²) in [6.07, 6.45) is -0.580. The van der Waals surface area contributed by atoms with Crippen LogP contribution in [0.4, 0.5) is 0 Å². The van der Waals surface area contributed by atoms with Gasteiger partial charge in [0.15, 0.2) is 16.7 Å². The van der Waals surface area contributed by atoms with E-state index < -0.39 is 42.1 Å². The number of hydrogen-bond acceptors (Lipinski definition) is 9. The summed E-state index contributed by atoms with van der Waals surface area (Å²) in [6, 6.07) is 10.9. The number of Topliss-reactive ketones (excluding diaryl/α,β-unsaturated/α-hetero) is 1. The molecule has 0 aliphatic rings. The summed E-state index contributed by atoms with van der Waals surface area (Å²) in [6.45, 7) is 4.93. The minimum atomic E-state index is -1.25. The number of aliphatic carboxylic acids is 1. The molecule has 2 amide bonds. The number of carbonyl (C=O) groups excluding carboxylic acids is 3.